The standard InChI is InChI=1S/C14H22F3N3O/c1-3-11(18-4-2)13-20-19-12(21-13)9-5-7-10(8-6-9)14(15,16)17/h9-11,18H,3-8H2,1-2H3. The zero-order valence-corrected chi connectivity index (χ0v) is 12.4. The SMILES string of the molecule is CCNC(CC)c1nnc(C2CCC(C(F)(F)F)CC2)o1. The van der Waals surface area contributed by atoms with Gasteiger partial charge in [0.15, 0.2) is 0 Å². The highest BCUT2D eigenvalue weighted by molar-refractivity contribution is 4.97. The van der Waals surface area contributed by atoms with Gasteiger partial charge >= 0.3 is 6.18 Å². The summed E-state index contributed by atoms with van der Waals surface area (Å²) in [6.45, 7) is 4.82. The van der Waals surface area contributed by atoms with Crippen LogP contribution in [-0.2, 0) is 0 Å². The zero-order chi connectivity index (χ0) is 15.5. The maximum absolute atomic E-state index is 12.7. The van der Waals surface area contributed by atoms with E-state index in [1.54, 1.807) is 0 Å². The predicted octanol–water partition coefficient (Wildman–Crippen LogP) is 3.97. The Morgan fingerprint density at radius 2 is 1.86 bits per heavy atom. The summed E-state index contributed by atoms with van der Waals surface area (Å²) in [4.78, 5) is 0. The van der Waals surface area contributed by atoms with Crippen LogP contribution in [0.4, 0.5) is 13.2 Å². The first kappa shape index (κ1) is 16.3. The molecule has 1 fully saturated rings. The van der Waals surface area contributed by atoms with Gasteiger partial charge in [0.2, 0.25) is 11.8 Å². The van der Waals surface area contributed by atoms with Gasteiger partial charge in [0.1, 0.15) is 0 Å². The van der Waals surface area contributed by atoms with Gasteiger partial charge in [0.05, 0.1) is 12.0 Å². The van der Waals surface area contributed by atoms with Crippen molar-refractivity contribution in [2.75, 3.05) is 6.54 Å². The number of nitrogens with zero attached hydrogens (tertiary/aromatic N) is 2. The summed E-state index contributed by atoms with van der Waals surface area (Å²) in [5, 5.41) is 11.3. The molecule has 1 aliphatic carbocycles. The fourth-order valence-corrected chi connectivity index (χ4v) is 2.87. The minimum atomic E-state index is -4.08. The first-order valence-corrected chi connectivity index (χ1v) is 7.59. The second kappa shape index (κ2) is 6.77. The summed E-state index contributed by atoms with van der Waals surface area (Å²) in [5.74, 6) is -0.195. The number of hydrogen-bond acceptors (Lipinski definition) is 4. The third kappa shape index (κ3) is 3.96. The maximum Gasteiger partial charge on any atom is 0.391 e. The zero-order valence-electron chi connectivity index (χ0n) is 12.4. The second-order valence-electron chi connectivity index (χ2n) is 5.59. The molecule has 0 saturated heterocycles. The molecule has 0 aromatic carbocycles. The minimum Gasteiger partial charge on any atom is -0.423 e. The molecule has 1 N–H and O–H groups in total. The van der Waals surface area contributed by atoms with Crippen molar-refractivity contribution in [1.82, 2.24) is 15.5 Å². The van der Waals surface area contributed by atoms with Crippen LogP contribution in [0.5, 0.6) is 0 Å². The smallest absolute Gasteiger partial charge is 0.391 e. The van der Waals surface area contributed by atoms with E-state index in [-0.39, 0.29) is 24.8 Å². The Kier molecular flexibility index (Phi) is 5.24. The summed E-state index contributed by atoms with van der Waals surface area (Å²) in [6.07, 6.45) is -2.03. The number of rotatable bonds is 5. The van der Waals surface area contributed by atoms with Crippen molar-refractivity contribution in [1.29, 1.82) is 0 Å². The fraction of sp³-hybridized carbons (Fsp3) is 0.857. The lowest BCUT2D eigenvalue weighted by Crippen LogP contribution is -2.27. The molecule has 1 aliphatic rings. The molecule has 7 heteroatoms. The summed E-state index contributed by atoms with van der Waals surface area (Å²) < 4.78 is 43.6. The Labute approximate surface area is 122 Å². The molecule has 120 valence electrons. The van der Waals surface area contributed by atoms with Gasteiger partial charge in [-0.3, -0.25) is 0 Å². The Hall–Kier alpha value is -1.11. The van der Waals surface area contributed by atoms with E-state index in [0.717, 1.165) is 13.0 Å². The van der Waals surface area contributed by atoms with Crippen LogP contribution in [0.15, 0.2) is 4.42 Å². The van der Waals surface area contributed by atoms with Crippen molar-refractivity contribution in [3.8, 4) is 0 Å². The molecule has 0 radical (unpaired) electrons. The van der Waals surface area contributed by atoms with Crippen molar-refractivity contribution in [2.24, 2.45) is 5.92 Å². The van der Waals surface area contributed by atoms with Crippen LogP contribution in [0.2, 0.25) is 0 Å². The number of hydrogen-bond donors (Lipinski definition) is 1. The van der Waals surface area contributed by atoms with Gasteiger partial charge in [-0.25, -0.2) is 0 Å². The first-order valence-electron chi connectivity index (χ1n) is 7.59. The average Bonchev–Trinajstić information content (AvgIpc) is 2.93. The van der Waals surface area contributed by atoms with Crippen molar-refractivity contribution in [3.63, 3.8) is 0 Å². The molecule has 4 nitrogen and oxygen atoms in total. The van der Waals surface area contributed by atoms with Gasteiger partial charge in [-0.2, -0.15) is 13.2 Å². The lowest BCUT2D eigenvalue weighted by atomic mass is 9.81. The molecule has 0 spiro atoms. The van der Waals surface area contributed by atoms with Crippen molar-refractivity contribution < 1.29 is 17.6 Å². The summed E-state index contributed by atoms with van der Waals surface area (Å²) >= 11 is 0. The van der Waals surface area contributed by atoms with Gasteiger partial charge in [0.25, 0.3) is 0 Å². The van der Waals surface area contributed by atoms with E-state index in [4.69, 9.17) is 4.42 Å². The highest BCUT2D eigenvalue weighted by Crippen LogP contribution is 2.42. The van der Waals surface area contributed by atoms with E-state index in [1.807, 2.05) is 13.8 Å². The molecule has 21 heavy (non-hydrogen) atoms. The van der Waals surface area contributed by atoms with Crippen LogP contribution in [0.1, 0.15) is 69.7 Å². The second-order valence-corrected chi connectivity index (χ2v) is 5.59. The van der Waals surface area contributed by atoms with Gasteiger partial charge < -0.3 is 9.73 Å². The number of halogens is 3. The fourth-order valence-electron chi connectivity index (χ4n) is 2.87. The van der Waals surface area contributed by atoms with Crippen LogP contribution >= 0.6 is 0 Å². The van der Waals surface area contributed by atoms with E-state index in [1.165, 1.54) is 0 Å². The third-order valence-corrected chi connectivity index (χ3v) is 4.15. The molecule has 1 aromatic rings. The molecule has 0 bridgehead atoms. The monoisotopic (exact) mass is 305 g/mol. The largest absolute Gasteiger partial charge is 0.423 e. The lowest BCUT2D eigenvalue weighted by Gasteiger charge is -2.27. The predicted molar refractivity (Wildman–Crippen MR) is 71.8 cm³/mol. The normalized spacial score (nSPS) is 25.0. The maximum atomic E-state index is 12.7. The van der Waals surface area contributed by atoms with Crippen LogP contribution in [0, 0.1) is 5.92 Å². The summed E-state index contributed by atoms with van der Waals surface area (Å²) in [5.41, 5.74) is 0. The Balaban J connectivity index is 1.97. The van der Waals surface area contributed by atoms with E-state index in [2.05, 4.69) is 15.5 Å². The van der Waals surface area contributed by atoms with E-state index < -0.39 is 12.1 Å². The summed E-state index contributed by atoms with van der Waals surface area (Å²) in [7, 11) is 0. The Bertz CT molecular complexity index is 439. The molecular formula is C14H22F3N3O. The van der Waals surface area contributed by atoms with E-state index >= 15 is 0 Å². The highest BCUT2D eigenvalue weighted by atomic mass is 19.4. The average molecular weight is 305 g/mol. The molecular weight excluding hydrogens is 283 g/mol. The topological polar surface area (TPSA) is 51.0 Å². The number of nitrogens with one attached hydrogen (secondary N) is 1. The summed E-state index contributed by atoms with van der Waals surface area (Å²) in [6, 6.07) is 0.0164. The molecule has 0 amide bonds. The van der Waals surface area contributed by atoms with Gasteiger partial charge in [-0.1, -0.05) is 13.8 Å². The molecule has 1 heterocycles. The van der Waals surface area contributed by atoms with E-state index in [9.17, 15) is 13.2 Å². The molecule has 1 aromatic heterocycles. The number of alkyl halides is 3. The van der Waals surface area contributed by atoms with Gasteiger partial charge in [-0.15, -0.1) is 10.2 Å². The van der Waals surface area contributed by atoms with Crippen LogP contribution < -0.4 is 5.32 Å². The van der Waals surface area contributed by atoms with Gasteiger partial charge in [-0.05, 0) is 38.6 Å². The quantitative estimate of drug-likeness (QED) is 0.894. The molecule has 0 aliphatic heterocycles. The van der Waals surface area contributed by atoms with Gasteiger partial charge in [0, 0.05) is 5.92 Å². The van der Waals surface area contributed by atoms with Crippen LogP contribution in [0.3, 0.4) is 0 Å². The third-order valence-electron chi connectivity index (χ3n) is 4.15. The van der Waals surface area contributed by atoms with Crippen molar-refractivity contribution >= 4 is 0 Å². The van der Waals surface area contributed by atoms with Crippen molar-refractivity contribution in [3.05, 3.63) is 11.8 Å². The minimum absolute atomic E-state index is 0.0164. The van der Waals surface area contributed by atoms with E-state index in [0.29, 0.717) is 24.6 Å². The van der Waals surface area contributed by atoms with Crippen molar-refractivity contribution in [2.45, 2.75) is 64.1 Å². The van der Waals surface area contributed by atoms with Crippen LogP contribution in [-0.4, -0.2) is 22.9 Å². The van der Waals surface area contributed by atoms with Crippen LogP contribution in [0.25, 0.3) is 0 Å². The molecule has 1 saturated carbocycles. The Morgan fingerprint density at radius 3 is 2.38 bits per heavy atom. The first-order chi connectivity index (χ1) is 9.95. The number of aromatic nitrogens is 2. The molecule has 2 rings (SSSR count). The molecule has 1 unspecified atom stereocenters. The highest BCUT2D eigenvalue weighted by Gasteiger charge is 2.42. The molecule has 1 atom stereocenters. The Morgan fingerprint density at radius 1 is 1.19 bits per heavy atom. The lowest BCUT2D eigenvalue weighted by molar-refractivity contribution is -0.182.